The maximum atomic E-state index is 13.0. The van der Waals surface area contributed by atoms with Gasteiger partial charge in [0, 0.05) is 38.2 Å². The van der Waals surface area contributed by atoms with Crippen molar-refractivity contribution in [2.24, 2.45) is 0 Å². The molecule has 134 valence electrons. The van der Waals surface area contributed by atoms with Gasteiger partial charge in [0.2, 0.25) is 5.91 Å². The maximum Gasteiger partial charge on any atom is 0.253 e. The Morgan fingerprint density at radius 2 is 1.71 bits per heavy atom. The summed E-state index contributed by atoms with van der Waals surface area (Å²) in [5.74, 6) is -0.304. The summed E-state index contributed by atoms with van der Waals surface area (Å²) in [5, 5.41) is 3.03. The van der Waals surface area contributed by atoms with E-state index in [0.717, 1.165) is 19.4 Å². The van der Waals surface area contributed by atoms with Gasteiger partial charge >= 0.3 is 0 Å². The van der Waals surface area contributed by atoms with Gasteiger partial charge in [-0.15, -0.1) is 12.4 Å². The summed E-state index contributed by atoms with van der Waals surface area (Å²) in [5.41, 5.74) is 0.486. The largest absolute Gasteiger partial charge is 0.341 e. The molecule has 5 nitrogen and oxygen atoms in total. The lowest BCUT2D eigenvalue weighted by Crippen LogP contribution is -2.37. The molecule has 0 aromatic heterocycles. The van der Waals surface area contributed by atoms with E-state index in [9.17, 15) is 14.0 Å². The SMILES string of the molecule is CNCCCC(=O)N1CCCN(C(=O)c2ccc(F)cc2)CC1.Cl. The molecule has 1 N–H and O–H groups in total. The molecule has 0 saturated carbocycles. The minimum atomic E-state index is -0.351. The fraction of sp³-hybridized carbons (Fsp3) is 0.529. The van der Waals surface area contributed by atoms with Crippen molar-refractivity contribution in [1.29, 1.82) is 0 Å². The van der Waals surface area contributed by atoms with E-state index in [1.54, 1.807) is 4.90 Å². The topological polar surface area (TPSA) is 52.7 Å². The lowest BCUT2D eigenvalue weighted by Gasteiger charge is -2.22. The molecule has 1 saturated heterocycles. The third-order valence-corrected chi connectivity index (χ3v) is 4.04. The normalized spacial score (nSPS) is 14.8. The van der Waals surface area contributed by atoms with Gasteiger partial charge in [-0.1, -0.05) is 0 Å². The van der Waals surface area contributed by atoms with Crippen molar-refractivity contribution in [1.82, 2.24) is 15.1 Å². The van der Waals surface area contributed by atoms with Crippen molar-refractivity contribution in [3.8, 4) is 0 Å². The highest BCUT2D eigenvalue weighted by atomic mass is 35.5. The van der Waals surface area contributed by atoms with Crippen LogP contribution >= 0.6 is 12.4 Å². The Kier molecular flexibility index (Phi) is 8.71. The highest BCUT2D eigenvalue weighted by molar-refractivity contribution is 5.94. The summed E-state index contributed by atoms with van der Waals surface area (Å²) in [6, 6.07) is 5.59. The molecule has 7 heteroatoms. The Morgan fingerprint density at radius 3 is 2.38 bits per heavy atom. The van der Waals surface area contributed by atoms with Gasteiger partial charge in [-0.05, 0) is 50.7 Å². The standard InChI is InChI=1S/C17H24FN3O2.ClH/c1-19-9-2-4-16(22)20-10-3-11-21(13-12-20)17(23)14-5-7-15(18)8-6-14;/h5-8,19H,2-4,9-13H2,1H3;1H. The molecule has 1 aromatic carbocycles. The molecule has 0 aliphatic carbocycles. The lowest BCUT2D eigenvalue weighted by atomic mass is 10.2. The number of benzene rings is 1. The number of carbonyl (C=O) groups excluding carboxylic acids is 2. The molecule has 1 aromatic rings. The summed E-state index contributed by atoms with van der Waals surface area (Å²) < 4.78 is 13.0. The monoisotopic (exact) mass is 357 g/mol. The third kappa shape index (κ3) is 5.76. The van der Waals surface area contributed by atoms with Gasteiger partial charge < -0.3 is 15.1 Å². The van der Waals surface area contributed by atoms with Crippen LogP contribution in [-0.4, -0.2) is 61.4 Å². The zero-order valence-electron chi connectivity index (χ0n) is 14.0. The van der Waals surface area contributed by atoms with Gasteiger partial charge in [0.25, 0.3) is 5.91 Å². The van der Waals surface area contributed by atoms with E-state index in [-0.39, 0.29) is 30.0 Å². The first-order valence-electron chi connectivity index (χ1n) is 8.09. The molecule has 1 heterocycles. The van der Waals surface area contributed by atoms with Crippen molar-refractivity contribution in [3.63, 3.8) is 0 Å². The van der Waals surface area contributed by atoms with Crippen LogP contribution < -0.4 is 5.32 Å². The maximum absolute atomic E-state index is 13.0. The van der Waals surface area contributed by atoms with Crippen LogP contribution in [0.4, 0.5) is 4.39 Å². The minimum absolute atomic E-state index is 0. The van der Waals surface area contributed by atoms with Crippen molar-refractivity contribution >= 4 is 24.2 Å². The summed E-state index contributed by atoms with van der Waals surface area (Å²) in [6.45, 7) is 3.22. The average Bonchev–Trinajstić information content (AvgIpc) is 2.81. The number of hydrogen-bond acceptors (Lipinski definition) is 3. The molecule has 2 amide bonds. The van der Waals surface area contributed by atoms with Crippen LogP contribution in [0.25, 0.3) is 0 Å². The summed E-state index contributed by atoms with van der Waals surface area (Å²) in [6.07, 6.45) is 2.13. The highest BCUT2D eigenvalue weighted by Crippen LogP contribution is 2.11. The number of nitrogens with zero attached hydrogens (tertiary/aromatic N) is 2. The molecule has 1 fully saturated rings. The van der Waals surface area contributed by atoms with E-state index >= 15 is 0 Å². The molecule has 1 aliphatic heterocycles. The van der Waals surface area contributed by atoms with Gasteiger partial charge in [0.1, 0.15) is 5.82 Å². The van der Waals surface area contributed by atoms with Crippen LogP contribution in [0.15, 0.2) is 24.3 Å². The van der Waals surface area contributed by atoms with Crippen molar-refractivity contribution in [2.75, 3.05) is 39.8 Å². The lowest BCUT2D eigenvalue weighted by molar-refractivity contribution is -0.131. The quantitative estimate of drug-likeness (QED) is 0.819. The number of rotatable bonds is 5. The van der Waals surface area contributed by atoms with E-state index < -0.39 is 0 Å². The number of carbonyl (C=O) groups is 2. The molecule has 0 spiro atoms. The number of amides is 2. The van der Waals surface area contributed by atoms with Gasteiger partial charge in [-0.2, -0.15) is 0 Å². The number of halogens is 2. The summed E-state index contributed by atoms with van der Waals surface area (Å²) in [7, 11) is 1.87. The minimum Gasteiger partial charge on any atom is -0.341 e. The molecule has 0 unspecified atom stereocenters. The van der Waals surface area contributed by atoms with Gasteiger partial charge in [-0.3, -0.25) is 9.59 Å². The molecule has 24 heavy (non-hydrogen) atoms. The first kappa shape index (κ1) is 20.4. The first-order chi connectivity index (χ1) is 11.1. The second-order valence-corrected chi connectivity index (χ2v) is 5.74. The summed E-state index contributed by atoms with van der Waals surface area (Å²) in [4.78, 5) is 28.2. The van der Waals surface area contributed by atoms with E-state index in [2.05, 4.69) is 5.32 Å². The Morgan fingerprint density at radius 1 is 1.08 bits per heavy atom. The van der Waals surface area contributed by atoms with Crippen LogP contribution in [0.1, 0.15) is 29.6 Å². The van der Waals surface area contributed by atoms with Crippen molar-refractivity contribution in [2.45, 2.75) is 19.3 Å². The fourth-order valence-corrected chi connectivity index (χ4v) is 2.72. The third-order valence-electron chi connectivity index (χ3n) is 4.04. The van der Waals surface area contributed by atoms with Crippen LogP contribution in [0.2, 0.25) is 0 Å². The Balaban J connectivity index is 0.00000288. The Labute approximate surface area is 148 Å². The zero-order chi connectivity index (χ0) is 16.7. The average molecular weight is 358 g/mol. The van der Waals surface area contributed by atoms with Crippen molar-refractivity contribution in [3.05, 3.63) is 35.6 Å². The second-order valence-electron chi connectivity index (χ2n) is 5.74. The zero-order valence-corrected chi connectivity index (χ0v) is 14.8. The molecule has 0 atom stereocenters. The van der Waals surface area contributed by atoms with Crippen LogP contribution in [-0.2, 0) is 4.79 Å². The van der Waals surface area contributed by atoms with Crippen molar-refractivity contribution < 1.29 is 14.0 Å². The highest BCUT2D eigenvalue weighted by Gasteiger charge is 2.22. The predicted octanol–water partition coefficient (Wildman–Crippen LogP) is 1.92. The molecular weight excluding hydrogens is 333 g/mol. The number of hydrogen-bond donors (Lipinski definition) is 1. The predicted molar refractivity (Wildman–Crippen MR) is 93.9 cm³/mol. The Bertz CT molecular complexity index is 539. The fourth-order valence-electron chi connectivity index (χ4n) is 2.72. The van der Waals surface area contributed by atoms with Gasteiger partial charge in [-0.25, -0.2) is 4.39 Å². The molecule has 2 rings (SSSR count). The summed E-state index contributed by atoms with van der Waals surface area (Å²) >= 11 is 0. The molecule has 0 bridgehead atoms. The smallest absolute Gasteiger partial charge is 0.253 e. The number of nitrogens with one attached hydrogen (secondary N) is 1. The second kappa shape index (κ2) is 10.3. The van der Waals surface area contributed by atoms with Gasteiger partial charge in [0.15, 0.2) is 0 Å². The van der Waals surface area contributed by atoms with Crippen LogP contribution in [0.3, 0.4) is 0 Å². The van der Waals surface area contributed by atoms with E-state index in [0.29, 0.717) is 38.2 Å². The molecule has 0 radical (unpaired) electrons. The van der Waals surface area contributed by atoms with E-state index in [4.69, 9.17) is 0 Å². The van der Waals surface area contributed by atoms with Crippen LogP contribution in [0.5, 0.6) is 0 Å². The Hall–Kier alpha value is -1.66. The first-order valence-corrected chi connectivity index (χ1v) is 8.09. The molecular formula is C17H25ClFN3O2. The van der Waals surface area contributed by atoms with Crippen LogP contribution in [0, 0.1) is 5.82 Å². The molecule has 1 aliphatic rings. The van der Waals surface area contributed by atoms with Gasteiger partial charge in [0.05, 0.1) is 0 Å². The van der Waals surface area contributed by atoms with E-state index in [1.807, 2.05) is 11.9 Å². The van der Waals surface area contributed by atoms with E-state index in [1.165, 1.54) is 24.3 Å².